The highest BCUT2D eigenvalue weighted by atomic mass is 19.1. The number of hydrogen-bond donors (Lipinski definition) is 1. The molecule has 4 rings (SSSR count). The van der Waals surface area contributed by atoms with E-state index in [-0.39, 0.29) is 5.56 Å². The molecule has 0 saturated heterocycles. The van der Waals surface area contributed by atoms with Gasteiger partial charge in [-0.05, 0) is 60.0 Å². The molecule has 2 aromatic carbocycles. The molecule has 0 fully saturated rings. The molecule has 0 spiro atoms. The van der Waals surface area contributed by atoms with Crippen molar-refractivity contribution in [2.45, 2.75) is 6.42 Å². The van der Waals surface area contributed by atoms with E-state index >= 15 is 0 Å². The van der Waals surface area contributed by atoms with Crippen molar-refractivity contribution in [1.29, 1.82) is 0 Å². The zero-order valence-electron chi connectivity index (χ0n) is 14.2. The second kappa shape index (κ2) is 6.64. The average Bonchev–Trinajstić information content (AvgIpc) is 3.04. The molecular formula is C21H15F2N3O. The summed E-state index contributed by atoms with van der Waals surface area (Å²) in [6.45, 7) is 0. The fourth-order valence-corrected chi connectivity index (χ4v) is 3.05. The van der Waals surface area contributed by atoms with Gasteiger partial charge >= 0.3 is 0 Å². The largest absolute Gasteiger partial charge is 0.366 e. The number of aromatic nitrogens is 2. The lowest BCUT2D eigenvalue weighted by molar-refractivity contribution is 0.1000. The number of rotatable bonds is 4. The smallest absolute Gasteiger partial charge is 0.248 e. The van der Waals surface area contributed by atoms with Gasteiger partial charge in [0.1, 0.15) is 11.6 Å². The van der Waals surface area contributed by atoms with Crippen molar-refractivity contribution in [2.24, 2.45) is 5.73 Å². The van der Waals surface area contributed by atoms with Crippen LogP contribution >= 0.6 is 0 Å². The van der Waals surface area contributed by atoms with Gasteiger partial charge in [0.25, 0.3) is 0 Å². The fraction of sp³-hybridized carbons (Fsp3) is 0.0476. The number of primary amides is 1. The molecule has 0 radical (unpaired) electrons. The van der Waals surface area contributed by atoms with Crippen molar-refractivity contribution >= 4 is 11.4 Å². The summed E-state index contributed by atoms with van der Waals surface area (Å²) in [6.07, 6.45) is 2.40. The van der Waals surface area contributed by atoms with Crippen LogP contribution in [0.15, 0.2) is 66.9 Å². The van der Waals surface area contributed by atoms with Gasteiger partial charge in [0.05, 0.1) is 11.2 Å². The normalized spacial score (nSPS) is 11.0. The molecule has 4 nitrogen and oxygen atoms in total. The summed E-state index contributed by atoms with van der Waals surface area (Å²) < 4.78 is 28.8. The van der Waals surface area contributed by atoms with Crippen molar-refractivity contribution in [3.8, 4) is 11.3 Å². The fourth-order valence-electron chi connectivity index (χ4n) is 3.05. The van der Waals surface area contributed by atoms with Crippen molar-refractivity contribution in [2.75, 3.05) is 0 Å². The van der Waals surface area contributed by atoms with Crippen LogP contribution in [0.1, 0.15) is 21.5 Å². The van der Waals surface area contributed by atoms with Crippen molar-refractivity contribution in [3.63, 3.8) is 0 Å². The molecule has 0 aliphatic rings. The molecule has 4 aromatic rings. The minimum absolute atomic E-state index is 0.246. The van der Waals surface area contributed by atoms with Gasteiger partial charge in [-0.15, -0.1) is 0 Å². The summed E-state index contributed by atoms with van der Waals surface area (Å²) in [5.41, 5.74) is 9.22. The predicted molar refractivity (Wildman–Crippen MR) is 98.3 cm³/mol. The molecule has 0 aliphatic carbocycles. The standard InChI is InChI=1S/C21H15F2N3O/c22-16-4-5-18(19(23)11-16)20-12-17-10-14(6-7-26(17)25-20)8-13-2-1-3-15(9-13)21(24)27/h1-7,9-12H,8H2,(H2,24,27). The zero-order chi connectivity index (χ0) is 19.0. The van der Waals surface area contributed by atoms with E-state index in [4.69, 9.17) is 5.73 Å². The van der Waals surface area contributed by atoms with Crippen LogP contribution in [0.3, 0.4) is 0 Å². The molecule has 0 atom stereocenters. The van der Waals surface area contributed by atoms with Gasteiger partial charge in [0, 0.05) is 23.4 Å². The molecule has 6 heteroatoms. The lowest BCUT2D eigenvalue weighted by Crippen LogP contribution is -2.11. The van der Waals surface area contributed by atoms with Crippen molar-refractivity contribution < 1.29 is 13.6 Å². The number of fused-ring (bicyclic) bond motifs is 1. The van der Waals surface area contributed by atoms with Gasteiger partial charge < -0.3 is 5.73 Å². The highest BCUT2D eigenvalue weighted by Gasteiger charge is 2.11. The molecular weight excluding hydrogens is 348 g/mol. The first-order valence-corrected chi connectivity index (χ1v) is 8.32. The monoisotopic (exact) mass is 363 g/mol. The summed E-state index contributed by atoms with van der Waals surface area (Å²) in [5, 5.41) is 4.35. The maximum absolute atomic E-state index is 14.0. The predicted octanol–water partition coefficient (Wildman–Crippen LogP) is 3.97. The number of nitrogens with zero attached hydrogens (tertiary/aromatic N) is 2. The van der Waals surface area contributed by atoms with E-state index in [9.17, 15) is 13.6 Å². The average molecular weight is 363 g/mol. The molecule has 2 heterocycles. The molecule has 1 amide bonds. The Bertz CT molecular complexity index is 1170. The van der Waals surface area contributed by atoms with Crippen LogP contribution in [-0.2, 0) is 6.42 Å². The van der Waals surface area contributed by atoms with E-state index < -0.39 is 17.5 Å². The summed E-state index contributed by atoms with van der Waals surface area (Å²) in [4.78, 5) is 11.3. The highest BCUT2D eigenvalue weighted by molar-refractivity contribution is 5.92. The molecule has 134 valence electrons. The maximum Gasteiger partial charge on any atom is 0.248 e. The van der Waals surface area contributed by atoms with Gasteiger partial charge in [-0.1, -0.05) is 12.1 Å². The number of hydrogen-bond acceptors (Lipinski definition) is 2. The maximum atomic E-state index is 14.0. The zero-order valence-corrected chi connectivity index (χ0v) is 14.2. The Balaban J connectivity index is 1.67. The van der Waals surface area contributed by atoms with Gasteiger partial charge in [-0.25, -0.2) is 13.3 Å². The van der Waals surface area contributed by atoms with Gasteiger partial charge in [-0.3, -0.25) is 4.79 Å². The van der Waals surface area contributed by atoms with Gasteiger partial charge in [0.2, 0.25) is 5.91 Å². The number of halogens is 2. The first-order chi connectivity index (χ1) is 13.0. The number of benzene rings is 2. The lowest BCUT2D eigenvalue weighted by atomic mass is 10.0. The Labute approximate surface area is 153 Å². The SMILES string of the molecule is NC(=O)c1cccc(Cc2ccn3nc(-c4ccc(F)cc4F)cc3c2)c1. The number of amides is 1. The Morgan fingerprint density at radius 1 is 1.00 bits per heavy atom. The Morgan fingerprint density at radius 2 is 1.81 bits per heavy atom. The Hall–Kier alpha value is -3.54. The number of carbonyl (C=O) groups is 1. The third-order valence-electron chi connectivity index (χ3n) is 4.35. The molecule has 0 aliphatic heterocycles. The van der Waals surface area contributed by atoms with Crippen LogP contribution in [0.2, 0.25) is 0 Å². The summed E-state index contributed by atoms with van der Waals surface area (Å²) in [5.74, 6) is -1.74. The Kier molecular flexibility index (Phi) is 4.16. The molecule has 0 unspecified atom stereocenters. The van der Waals surface area contributed by atoms with Gasteiger partial charge in [-0.2, -0.15) is 5.10 Å². The quantitative estimate of drug-likeness (QED) is 0.596. The minimum atomic E-state index is -0.651. The first-order valence-electron chi connectivity index (χ1n) is 8.32. The summed E-state index contributed by atoms with van der Waals surface area (Å²) >= 11 is 0. The van der Waals surface area contributed by atoms with E-state index in [0.717, 1.165) is 22.7 Å². The third-order valence-corrected chi connectivity index (χ3v) is 4.35. The Morgan fingerprint density at radius 3 is 2.59 bits per heavy atom. The number of pyridine rings is 1. The van der Waals surface area contributed by atoms with Crippen LogP contribution in [0.4, 0.5) is 8.78 Å². The lowest BCUT2D eigenvalue weighted by Gasteiger charge is -2.04. The van der Waals surface area contributed by atoms with Crippen molar-refractivity contribution in [3.05, 3.63) is 95.2 Å². The number of nitrogens with two attached hydrogens (primary N) is 1. The second-order valence-electron chi connectivity index (χ2n) is 6.30. The van der Waals surface area contributed by atoms with E-state index in [1.807, 2.05) is 18.2 Å². The molecule has 0 saturated carbocycles. The van der Waals surface area contributed by atoms with Crippen LogP contribution < -0.4 is 5.73 Å². The third kappa shape index (κ3) is 3.42. The van der Waals surface area contributed by atoms with Crippen molar-refractivity contribution in [1.82, 2.24) is 9.61 Å². The van der Waals surface area contributed by atoms with Gasteiger partial charge in [0.15, 0.2) is 0 Å². The van der Waals surface area contributed by atoms with Crippen LogP contribution in [-0.4, -0.2) is 15.5 Å². The molecule has 2 N–H and O–H groups in total. The molecule has 27 heavy (non-hydrogen) atoms. The topological polar surface area (TPSA) is 60.4 Å². The van der Waals surface area contributed by atoms with E-state index in [2.05, 4.69) is 5.10 Å². The van der Waals surface area contributed by atoms with E-state index in [1.54, 1.807) is 35.0 Å². The van der Waals surface area contributed by atoms with Crippen LogP contribution in [0, 0.1) is 11.6 Å². The molecule has 0 bridgehead atoms. The second-order valence-corrected chi connectivity index (χ2v) is 6.30. The minimum Gasteiger partial charge on any atom is -0.366 e. The summed E-state index contributed by atoms with van der Waals surface area (Å²) in [7, 11) is 0. The number of carbonyl (C=O) groups excluding carboxylic acids is 1. The highest BCUT2D eigenvalue weighted by Crippen LogP contribution is 2.24. The first kappa shape index (κ1) is 16.9. The van der Waals surface area contributed by atoms with E-state index in [1.165, 1.54) is 12.1 Å². The van der Waals surface area contributed by atoms with Crippen LogP contribution in [0.5, 0.6) is 0 Å². The summed E-state index contributed by atoms with van der Waals surface area (Å²) in [6, 6.07) is 16.2. The molecule has 2 aromatic heterocycles. The van der Waals surface area contributed by atoms with Crippen LogP contribution in [0.25, 0.3) is 16.8 Å². The van der Waals surface area contributed by atoms with E-state index in [0.29, 0.717) is 17.7 Å².